The van der Waals surface area contributed by atoms with Crippen LogP contribution in [0, 0.1) is 13.8 Å². The Hall–Kier alpha value is -2.73. The normalized spacial score (nSPS) is 10.6. The number of aryl methyl sites for hydroxylation is 2. The van der Waals surface area contributed by atoms with E-state index in [0.717, 1.165) is 23.4 Å². The third-order valence-corrected chi connectivity index (χ3v) is 3.73. The molecule has 0 spiro atoms. The number of hydrogen-bond acceptors (Lipinski definition) is 4. The molecule has 0 aliphatic heterocycles. The van der Waals surface area contributed by atoms with E-state index in [1.807, 2.05) is 51.0 Å². The topological polar surface area (TPSA) is 74.3 Å². The van der Waals surface area contributed by atoms with Crippen molar-refractivity contribution in [3.05, 3.63) is 58.9 Å². The second-order valence-electron chi connectivity index (χ2n) is 6.26. The van der Waals surface area contributed by atoms with Gasteiger partial charge < -0.3 is 15.5 Å². The van der Waals surface area contributed by atoms with Gasteiger partial charge in [-0.05, 0) is 51.7 Å². The van der Waals surface area contributed by atoms with Gasteiger partial charge in [-0.1, -0.05) is 17.7 Å². The standard InChI is InChI=1S/C19H24N4O2/c1-13-5-6-16(14(2)11-13)22-19(25)17-12-15(7-8-20-17)18(24)21-9-10-23(3)4/h5-8,11-12H,9-10H2,1-4H3,(H,21,24)(H,22,25). The molecule has 132 valence electrons. The zero-order chi connectivity index (χ0) is 18.4. The van der Waals surface area contributed by atoms with E-state index in [1.165, 1.54) is 12.3 Å². The number of carbonyl (C=O) groups excluding carboxylic acids is 2. The summed E-state index contributed by atoms with van der Waals surface area (Å²) >= 11 is 0. The van der Waals surface area contributed by atoms with Crippen molar-refractivity contribution in [1.82, 2.24) is 15.2 Å². The molecule has 2 aromatic rings. The number of amides is 2. The van der Waals surface area contributed by atoms with Gasteiger partial charge in [-0.2, -0.15) is 0 Å². The van der Waals surface area contributed by atoms with E-state index in [0.29, 0.717) is 12.1 Å². The van der Waals surface area contributed by atoms with Gasteiger partial charge in [0.15, 0.2) is 0 Å². The van der Waals surface area contributed by atoms with Gasteiger partial charge >= 0.3 is 0 Å². The molecule has 0 unspecified atom stereocenters. The molecule has 1 aromatic carbocycles. The molecule has 0 saturated heterocycles. The second-order valence-corrected chi connectivity index (χ2v) is 6.26. The number of hydrogen-bond donors (Lipinski definition) is 2. The summed E-state index contributed by atoms with van der Waals surface area (Å²) in [6.07, 6.45) is 1.47. The Bertz CT molecular complexity index is 772. The minimum Gasteiger partial charge on any atom is -0.351 e. The van der Waals surface area contributed by atoms with Crippen molar-refractivity contribution in [1.29, 1.82) is 0 Å². The number of nitrogens with zero attached hydrogens (tertiary/aromatic N) is 2. The molecule has 2 amide bonds. The molecule has 2 N–H and O–H groups in total. The Labute approximate surface area is 148 Å². The van der Waals surface area contributed by atoms with Gasteiger partial charge in [0.2, 0.25) is 0 Å². The molecule has 0 fully saturated rings. The Kier molecular flexibility index (Phi) is 6.25. The molecule has 1 aromatic heterocycles. The number of anilines is 1. The fraction of sp³-hybridized carbons (Fsp3) is 0.316. The van der Waals surface area contributed by atoms with Gasteiger partial charge in [-0.3, -0.25) is 14.6 Å². The molecule has 6 heteroatoms. The number of carbonyl (C=O) groups is 2. The highest BCUT2D eigenvalue weighted by Crippen LogP contribution is 2.17. The first-order valence-electron chi connectivity index (χ1n) is 8.14. The van der Waals surface area contributed by atoms with Crippen LogP contribution in [0.1, 0.15) is 32.0 Å². The summed E-state index contributed by atoms with van der Waals surface area (Å²) in [5.41, 5.74) is 3.47. The molecule has 0 radical (unpaired) electrons. The van der Waals surface area contributed by atoms with Crippen molar-refractivity contribution in [3.63, 3.8) is 0 Å². The third kappa shape index (κ3) is 5.39. The zero-order valence-electron chi connectivity index (χ0n) is 15.1. The lowest BCUT2D eigenvalue weighted by molar-refractivity contribution is 0.0951. The van der Waals surface area contributed by atoms with Crippen molar-refractivity contribution in [2.45, 2.75) is 13.8 Å². The highest BCUT2D eigenvalue weighted by molar-refractivity contribution is 6.05. The van der Waals surface area contributed by atoms with Crippen molar-refractivity contribution in [3.8, 4) is 0 Å². The van der Waals surface area contributed by atoms with Crippen LogP contribution >= 0.6 is 0 Å². The smallest absolute Gasteiger partial charge is 0.274 e. The molecule has 1 heterocycles. The van der Waals surface area contributed by atoms with Crippen LogP contribution in [-0.4, -0.2) is 48.9 Å². The number of benzene rings is 1. The fourth-order valence-electron chi connectivity index (χ4n) is 2.33. The molecule has 0 atom stereocenters. The number of aromatic nitrogens is 1. The van der Waals surface area contributed by atoms with Gasteiger partial charge in [0.25, 0.3) is 11.8 Å². The van der Waals surface area contributed by atoms with E-state index in [9.17, 15) is 9.59 Å². The third-order valence-electron chi connectivity index (χ3n) is 3.73. The maximum Gasteiger partial charge on any atom is 0.274 e. The monoisotopic (exact) mass is 340 g/mol. The highest BCUT2D eigenvalue weighted by Gasteiger charge is 2.13. The second kappa shape index (κ2) is 8.39. The Balaban J connectivity index is 2.06. The van der Waals surface area contributed by atoms with Gasteiger partial charge in [0.1, 0.15) is 5.69 Å². The van der Waals surface area contributed by atoms with Gasteiger partial charge in [-0.15, -0.1) is 0 Å². The highest BCUT2D eigenvalue weighted by atomic mass is 16.2. The molecule has 0 aliphatic rings. The van der Waals surface area contributed by atoms with Gasteiger partial charge in [0, 0.05) is 30.5 Å². The van der Waals surface area contributed by atoms with Crippen molar-refractivity contribution < 1.29 is 9.59 Å². The van der Waals surface area contributed by atoms with Gasteiger partial charge in [0.05, 0.1) is 0 Å². The van der Waals surface area contributed by atoms with Crippen molar-refractivity contribution in [2.75, 3.05) is 32.5 Å². The molecule has 0 aliphatic carbocycles. The molecule has 2 rings (SSSR count). The average Bonchev–Trinajstić information content (AvgIpc) is 2.57. The Morgan fingerprint density at radius 2 is 1.84 bits per heavy atom. The number of likely N-dealkylation sites (N-methyl/N-ethyl adjacent to an activating group) is 1. The van der Waals surface area contributed by atoms with E-state index in [1.54, 1.807) is 6.07 Å². The van der Waals surface area contributed by atoms with E-state index in [2.05, 4.69) is 15.6 Å². The average molecular weight is 340 g/mol. The maximum atomic E-state index is 12.4. The van der Waals surface area contributed by atoms with Crippen LogP contribution in [0.25, 0.3) is 0 Å². The van der Waals surface area contributed by atoms with Crippen LogP contribution in [0.3, 0.4) is 0 Å². The first kappa shape index (κ1) is 18.6. The fourth-order valence-corrected chi connectivity index (χ4v) is 2.33. The predicted molar refractivity (Wildman–Crippen MR) is 99.0 cm³/mol. The van der Waals surface area contributed by atoms with E-state index < -0.39 is 0 Å². The Morgan fingerprint density at radius 1 is 1.08 bits per heavy atom. The summed E-state index contributed by atoms with van der Waals surface area (Å²) in [5, 5.41) is 5.66. The molecule has 25 heavy (non-hydrogen) atoms. The van der Waals surface area contributed by atoms with Crippen LogP contribution in [0.2, 0.25) is 0 Å². The number of nitrogens with one attached hydrogen (secondary N) is 2. The largest absolute Gasteiger partial charge is 0.351 e. The molecule has 6 nitrogen and oxygen atoms in total. The van der Waals surface area contributed by atoms with Crippen LogP contribution < -0.4 is 10.6 Å². The quantitative estimate of drug-likeness (QED) is 0.846. The summed E-state index contributed by atoms with van der Waals surface area (Å²) in [7, 11) is 3.88. The zero-order valence-corrected chi connectivity index (χ0v) is 15.1. The lowest BCUT2D eigenvalue weighted by Crippen LogP contribution is -2.31. The first-order chi connectivity index (χ1) is 11.9. The van der Waals surface area contributed by atoms with E-state index in [4.69, 9.17) is 0 Å². The maximum absolute atomic E-state index is 12.4. The predicted octanol–water partition coefficient (Wildman–Crippen LogP) is 2.24. The van der Waals surface area contributed by atoms with Crippen molar-refractivity contribution >= 4 is 17.5 Å². The molecule has 0 bridgehead atoms. The lowest BCUT2D eigenvalue weighted by atomic mass is 10.1. The van der Waals surface area contributed by atoms with Crippen LogP contribution in [0.4, 0.5) is 5.69 Å². The molecular weight excluding hydrogens is 316 g/mol. The minimum absolute atomic E-state index is 0.209. The van der Waals surface area contributed by atoms with Crippen LogP contribution in [0.15, 0.2) is 36.5 Å². The van der Waals surface area contributed by atoms with E-state index in [-0.39, 0.29) is 17.5 Å². The summed E-state index contributed by atoms with van der Waals surface area (Å²) in [4.78, 5) is 30.6. The van der Waals surface area contributed by atoms with Crippen LogP contribution in [-0.2, 0) is 0 Å². The lowest BCUT2D eigenvalue weighted by Gasteiger charge is -2.11. The van der Waals surface area contributed by atoms with E-state index >= 15 is 0 Å². The SMILES string of the molecule is Cc1ccc(NC(=O)c2cc(C(=O)NCCN(C)C)ccn2)c(C)c1. The number of rotatable bonds is 6. The minimum atomic E-state index is -0.338. The summed E-state index contributed by atoms with van der Waals surface area (Å²) in [5.74, 6) is -0.556. The summed E-state index contributed by atoms with van der Waals surface area (Å²) in [6.45, 7) is 5.22. The van der Waals surface area contributed by atoms with Crippen LogP contribution in [0.5, 0.6) is 0 Å². The summed E-state index contributed by atoms with van der Waals surface area (Å²) in [6, 6.07) is 8.89. The van der Waals surface area contributed by atoms with Gasteiger partial charge in [-0.25, -0.2) is 0 Å². The molecular formula is C19H24N4O2. The summed E-state index contributed by atoms with van der Waals surface area (Å²) < 4.78 is 0. The number of pyridine rings is 1. The first-order valence-corrected chi connectivity index (χ1v) is 8.14. The van der Waals surface area contributed by atoms with Crippen molar-refractivity contribution in [2.24, 2.45) is 0 Å². The molecule has 0 saturated carbocycles. The Morgan fingerprint density at radius 3 is 2.52 bits per heavy atom.